The number of methoxy groups -OCH3 is 1. The van der Waals surface area contributed by atoms with Gasteiger partial charge in [-0.2, -0.15) is 0 Å². The highest BCUT2D eigenvalue weighted by Crippen LogP contribution is 2.19. The monoisotopic (exact) mass is 169 g/mol. The molecule has 1 aliphatic heterocycles. The van der Waals surface area contributed by atoms with Crippen LogP contribution in [0, 0.1) is 0 Å². The lowest BCUT2D eigenvalue weighted by Gasteiger charge is -2.41. The van der Waals surface area contributed by atoms with E-state index in [1.54, 1.807) is 7.11 Å². The summed E-state index contributed by atoms with van der Waals surface area (Å²) in [5, 5.41) is 0. The third-order valence-electron chi connectivity index (χ3n) is 2.39. The maximum Gasteiger partial charge on any atom is 0.0920 e. The molecule has 1 aliphatic rings. The van der Waals surface area contributed by atoms with E-state index in [2.05, 4.69) is 24.8 Å². The van der Waals surface area contributed by atoms with Crippen molar-refractivity contribution in [3.63, 3.8) is 0 Å². The minimum absolute atomic E-state index is 0.469. The standard InChI is InChI=1S/C10H19NO/c1-4-6-9(5-2)11-7-10(8-11)12-3/h6,10H,4-5,7-8H2,1-3H3/b9-6+. The highest BCUT2D eigenvalue weighted by atomic mass is 16.5. The fourth-order valence-electron chi connectivity index (χ4n) is 1.55. The molecular weight excluding hydrogens is 150 g/mol. The number of hydrogen-bond donors (Lipinski definition) is 0. The number of nitrogens with zero attached hydrogens (tertiary/aromatic N) is 1. The van der Waals surface area contributed by atoms with Gasteiger partial charge in [-0.15, -0.1) is 0 Å². The minimum Gasteiger partial charge on any atom is -0.378 e. The zero-order valence-corrected chi connectivity index (χ0v) is 8.34. The van der Waals surface area contributed by atoms with Crippen LogP contribution in [0.4, 0.5) is 0 Å². The van der Waals surface area contributed by atoms with Crippen molar-refractivity contribution in [1.82, 2.24) is 4.90 Å². The summed E-state index contributed by atoms with van der Waals surface area (Å²) in [5.41, 5.74) is 1.48. The van der Waals surface area contributed by atoms with Gasteiger partial charge in [0.15, 0.2) is 0 Å². The van der Waals surface area contributed by atoms with E-state index < -0.39 is 0 Å². The van der Waals surface area contributed by atoms with E-state index in [1.807, 2.05) is 0 Å². The van der Waals surface area contributed by atoms with E-state index in [1.165, 1.54) is 5.70 Å². The van der Waals surface area contributed by atoms with Crippen LogP contribution in [0.3, 0.4) is 0 Å². The molecule has 1 rings (SSSR count). The second-order valence-electron chi connectivity index (χ2n) is 3.22. The van der Waals surface area contributed by atoms with Gasteiger partial charge in [0.05, 0.1) is 6.10 Å². The van der Waals surface area contributed by atoms with Crippen molar-refractivity contribution in [3.05, 3.63) is 11.8 Å². The molecule has 0 atom stereocenters. The highest BCUT2D eigenvalue weighted by molar-refractivity contribution is 5.05. The van der Waals surface area contributed by atoms with Crippen molar-refractivity contribution < 1.29 is 4.74 Å². The summed E-state index contributed by atoms with van der Waals surface area (Å²) < 4.78 is 5.22. The van der Waals surface area contributed by atoms with Gasteiger partial charge in [0.1, 0.15) is 0 Å². The Kier molecular flexibility index (Phi) is 3.60. The highest BCUT2D eigenvalue weighted by Gasteiger charge is 2.26. The van der Waals surface area contributed by atoms with Crippen LogP contribution in [0.2, 0.25) is 0 Å². The molecule has 12 heavy (non-hydrogen) atoms. The lowest BCUT2D eigenvalue weighted by Crippen LogP contribution is -2.50. The minimum atomic E-state index is 0.469. The molecule has 2 heteroatoms. The van der Waals surface area contributed by atoms with Crippen molar-refractivity contribution in [2.75, 3.05) is 20.2 Å². The first-order valence-electron chi connectivity index (χ1n) is 4.78. The maximum absolute atomic E-state index is 5.22. The molecule has 0 aromatic carbocycles. The van der Waals surface area contributed by atoms with Crippen LogP contribution < -0.4 is 0 Å². The zero-order valence-electron chi connectivity index (χ0n) is 8.34. The Morgan fingerprint density at radius 3 is 2.58 bits per heavy atom. The second-order valence-corrected chi connectivity index (χ2v) is 3.22. The molecule has 1 fully saturated rings. The number of hydrogen-bond acceptors (Lipinski definition) is 2. The van der Waals surface area contributed by atoms with E-state index in [4.69, 9.17) is 4.74 Å². The van der Waals surface area contributed by atoms with Crippen LogP contribution in [0.1, 0.15) is 26.7 Å². The fraction of sp³-hybridized carbons (Fsp3) is 0.800. The molecule has 0 saturated carbocycles. The summed E-state index contributed by atoms with van der Waals surface area (Å²) in [6.07, 6.45) is 5.06. The summed E-state index contributed by atoms with van der Waals surface area (Å²) in [7, 11) is 1.79. The largest absolute Gasteiger partial charge is 0.378 e. The Morgan fingerprint density at radius 2 is 2.17 bits per heavy atom. The van der Waals surface area contributed by atoms with Gasteiger partial charge in [-0.25, -0.2) is 0 Å². The van der Waals surface area contributed by atoms with Gasteiger partial charge >= 0.3 is 0 Å². The smallest absolute Gasteiger partial charge is 0.0920 e. The summed E-state index contributed by atoms with van der Waals surface area (Å²) in [6.45, 7) is 6.55. The molecule has 0 aromatic rings. The predicted molar refractivity (Wildman–Crippen MR) is 51.0 cm³/mol. The first-order valence-corrected chi connectivity index (χ1v) is 4.78. The van der Waals surface area contributed by atoms with Gasteiger partial charge in [-0.05, 0) is 12.8 Å². The summed E-state index contributed by atoms with van der Waals surface area (Å²) in [5.74, 6) is 0. The molecule has 0 bridgehead atoms. The summed E-state index contributed by atoms with van der Waals surface area (Å²) >= 11 is 0. The molecule has 70 valence electrons. The van der Waals surface area contributed by atoms with Crippen molar-refractivity contribution >= 4 is 0 Å². The molecule has 2 nitrogen and oxygen atoms in total. The molecule has 1 saturated heterocycles. The normalized spacial score (nSPS) is 19.6. The quantitative estimate of drug-likeness (QED) is 0.638. The van der Waals surface area contributed by atoms with Gasteiger partial charge < -0.3 is 9.64 Å². The zero-order chi connectivity index (χ0) is 8.97. The van der Waals surface area contributed by atoms with Crippen molar-refractivity contribution in [2.24, 2.45) is 0 Å². The summed E-state index contributed by atoms with van der Waals surface area (Å²) in [6, 6.07) is 0. The van der Waals surface area contributed by atoms with Gasteiger partial charge in [0, 0.05) is 25.9 Å². The van der Waals surface area contributed by atoms with Crippen LogP contribution in [0.25, 0.3) is 0 Å². The average molecular weight is 169 g/mol. The lowest BCUT2D eigenvalue weighted by molar-refractivity contribution is -0.0129. The van der Waals surface area contributed by atoms with Crippen LogP contribution in [-0.4, -0.2) is 31.2 Å². The Balaban J connectivity index is 2.34. The van der Waals surface area contributed by atoms with Gasteiger partial charge in [-0.3, -0.25) is 0 Å². The van der Waals surface area contributed by atoms with Crippen LogP contribution in [0.5, 0.6) is 0 Å². The molecule has 0 aromatic heterocycles. The SMILES string of the molecule is CC/C=C(\CC)N1CC(OC)C1. The van der Waals surface area contributed by atoms with Gasteiger partial charge in [-0.1, -0.05) is 19.9 Å². The third-order valence-corrected chi connectivity index (χ3v) is 2.39. The van der Waals surface area contributed by atoms with E-state index in [-0.39, 0.29) is 0 Å². The van der Waals surface area contributed by atoms with Crippen LogP contribution >= 0.6 is 0 Å². The molecular formula is C10H19NO. The Labute approximate surface area is 75.2 Å². The van der Waals surface area contributed by atoms with Crippen molar-refractivity contribution in [2.45, 2.75) is 32.8 Å². The summed E-state index contributed by atoms with van der Waals surface area (Å²) in [4.78, 5) is 2.40. The molecule has 0 aliphatic carbocycles. The third kappa shape index (κ3) is 2.01. The predicted octanol–water partition coefficient (Wildman–Crippen LogP) is 2.02. The number of likely N-dealkylation sites (tertiary alicyclic amines) is 1. The number of rotatable bonds is 4. The first-order chi connectivity index (χ1) is 5.81. The van der Waals surface area contributed by atoms with E-state index >= 15 is 0 Å². The number of allylic oxidation sites excluding steroid dienone is 2. The Hall–Kier alpha value is -0.500. The van der Waals surface area contributed by atoms with E-state index in [0.717, 1.165) is 25.9 Å². The Bertz CT molecular complexity index is 159. The topological polar surface area (TPSA) is 12.5 Å². The van der Waals surface area contributed by atoms with Gasteiger partial charge in [0.2, 0.25) is 0 Å². The second kappa shape index (κ2) is 4.51. The van der Waals surface area contributed by atoms with Crippen LogP contribution in [-0.2, 0) is 4.74 Å². The molecule has 0 spiro atoms. The molecule has 0 radical (unpaired) electrons. The number of ether oxygens (including phenoxy) is 1. The molecule has 0 unspecified atom stereocenters. The molecule has 0 N–H and O–H groups in total. The average Bonchev–Trinajstić information content (AvgIpc) is 2.01. The van der Waals surface area contributed by atoms with Crippen molar-refractivity contribution in [3.8, 4) is 0 Å². The van der Waals surface area contributed by atoms with Crippen LogP contribution in [0.15, 0.2) is 11.8 Å². The molecule has 0 amide bonds. The van der Waals surface area contributed by atoms with Crippen molar-refractivity contribution in [1.29, 1.82) is 0 Å². The fourth-order valence-corrected chi connectivity index (χ4v) is 1.55. The first kappa shape index (κ1) is 9.59. The maximum atomic E-state index is 5.22. The van der Waals surface area contributed by atoms with E-state index in [9.17, 15) is 0 Å². The Morgan fingerprint density at radius 1 is 1.50 bits per heavy atom. The van der Waals surface area contributed by atoms with Gasteiger partial charge in [0.25, 0.3) is 0 Å². The molecule has 1 heterocycles. The van der Waals surface area contributed by atoms with E-state index in [0.29, 0.717) is 6.10 Å². The lowest BCUT2D eigenvalue weighted by atomic mass is 10.1.